The lowest BCUT2D eigenvalue weighted by atomic mass is 10.1. The maximum absolute atomic E-state index is 11.9. The summed E-state index contributed by atoms with van der Waals surface area (Å²) in [6.07, 6.45) is 1.72. The van der Waals surface area contributed by atoms with Crippen LogP contribution in [0.2, 0.25) is 0 Å². The Labute approximate surface area is 158 Å². The number of methoxy groups -OCH3 is 1. The Bertz CT molecular complexity index is 976. The van der Waals surface area contributed by atoms with Crippen LogP contribution in [-0.2, 0) is 13.1 Å². The minimum atomic E-state index is -0.358. The fraction of sp³-hybridized carbons (Fsp3) is 0.227. The van der Waals surface area contributed by atoms with Crippen molar-refractivity contribution in [3.8, 4) is 11.5 Å². The van der Waals surface area contributed by atoms with Crippen molar-refractivity contribution in [2.75, 3.05) is 20.8 Å². The number of hydrogen-bond donors (Lipinski definition) is 0. The van der Waals surface area contributed by atoms with Crippen LogP contribution >= 0.6 is 0 Å². The molecule has 27 heavy (non-hydrogen) atoms. The van der Waals surface area contributed by atoms with Gasteiger partial charge < -0.3 is 13.9 Å². The van der Waals surface area contributed by atoms with E-state index in [1.807, 2.05) is 43.4 Å². The lowest BCUT2D eigenvalue weighted by molar-refractivity contribution is 0.319. The van der Waals surface area contributed by atoms with Crippen LogP contribution < -0.4 is 15.1 Å². The first kappa shape index (κ1) is 18.7. The molecular weight excluding hydrogens is 342 g/mol. The van der Waals surface area contributed by atoms with Crippen molar-refractivity contribution in [2.45, 2.75) is 13.1 Å². The Morgan fingerprint density at radius 3 is 2.52 bits per heavy atom. The van der Waals surface area contributed by atoms with Crippen molar-refractivity contribution >= 4 is 11.0 Å². The molecule has 0 bridgehead atoms. The zero-order valence-corrected chi connectivity index (χ0v) is 15.6. The van der Waals surface area contributed by atoms with Gasteiger partial charge in [0.05, 0.1) is 7.11 Å². The van der Waals surface area contributed by atoms with Gasteiger partial charge in [0.2, 0.25) is 0 Å². The molecule has 0 spiro atoms. The van der Waals surface area contributed by atoms with Gasteiger partial charge in [-0.05, 0) is 42.4 Å². The predicted molar refractivity (Wildman–Crippen MR) is 106 cm³/mol. The van der Waals surface area contributed by atoms with Crippen LogP contribution in [-0.4, -0.2) is 25.7 Å². The SMILES string of the molecule is C=CCOc1ccc(CN(C)Cc2cc(=O)oc3cc(OC)ccc23)cc1. The van der Waals surface area contributed by atoms with Gasteiger partial charge in [0.25, 0.3) is 0 Å². The maximum atomic E-state index is 11.9. The molecule has 5 nitrogen and oxygen atoms in total. The molecule has 0 amide bonds. The van der Waals surface area contributed by atoms with Crippen LogP contribution in [0.3, 0.4) is 0 Å². The summed E-state index contributed by atoms with van der Waals surface area (Å²) in [5.41, 5.74) is 2.27. The summed E-state index contributed by atoms with van der Waals surface area (Å²) in [4.78, 5) is 14.1. The third kappa shape index (κ3) is 4.77. The molecule has 140 valence electrons. The summed E-state index contributed by atoms with van der Waals surface area (Å²) >= 11 is 0. The van der Waals surface area contributed by atoms with Crippen LogP contribution in [0.25, 0.3) is 11.0 Å². The van der Waals surface area contributed by atoms with Gasteiger partial charge in [-0.25, -0.2) is 4.79 Å². The standard InChI is InChI=1S/C22H23NO4/c1-4-11-26-18-7-5-16(6-8-18)14-23(2)15-17-12-22(24)27-21-13-19(25-3)9-10-20(17)21/h4-10,12-13H,1,11,14-15H2,2-3H3. The third-order valence-corrected chi connectivity index (χ3v) is 4.22. The predicted octanol–water partition coefficient (Wildman–Crippen LogP) is 4.00. The first-order valence-electron chi connectivity index (χ1n) is 8.71. The normalized spacial score (nSPS) is 10.9. The van der Waals surface area contributed by atoms with Crippen LogP contribution in [0.15, 0.2) is 70.4 Å². The van der Waals surface area contributed by atoms with E-state index in [0.29, 0.717) is 24.5 Å². The summed E-state index contributed by atoms with van der Waals surface area (Å²) in [5.74, 6) is 1.48. The lowest BCUT2D eigenvalue weighted by Crippen LogP contribution is -2.18. The summed E-state index contributed by atoms with van der Waals surface area (Å²) in [5, 5.41) is 0.912. The molecule has 0 saturated carbocycles. The minimum absolute atomic E-state index is 0.358. The highest BCUT2D eigenvalue weighted by atomic mass is 16.5. The summed E-state index contributed by atoms with van der Waals surface area (Å²) in [7, 11) is 3.61. The van der Waals surface area contributed by atoms with Gasteiger partial charge in [0.1, 0.15) is 23.7 Å². The van der Waals surface area contributed by atoms with Gasteiger partial charge in [-0.15, -0.1) is 0 Å². The van der Waals surface area contributed by atoms with Crippen molar-refractivity contribution in [3.05, 3.63) is 82.7 Å². The molecule has 5 heteroatoms. The van der Waals surface area contributed by atoms with Gasteiger partial charge in [-0.3, -0.25) is 4.90 Å². The molecule has 1 aromatic heterocycles. The highest BCUT2D eigenvalue weighted by Gasteiger charge is 2.10. The van der Waals surface area contributed by atoms with Gasteiger partial charge in [-0.1, -0.05) is 24.8 Å². The Morgan fingerprint density at radius 2 is 1.81 bits per heavy atom. The molecular formula is C22H23NO4. The number of nitrogens with zero attached hydrogens (tertiary/aromatic N) is 1. The molecule has 0 radical (unpaired) electrons. The monoisotopic (exact) mass is 365 g/mol. The topological polar surface area (TPSA) is 51.9 Å². The largest absolute Gasteiger partial charge is 0.497 e. The van der Waals surface area contributed by atoms with Crippen molar-refractivity contribution < 1.29 is 13.9 Å². The molecule has 0 unspecified atom stereocenters. The number of benzene rings is 2. The molecule has 0 fully saturated rings. The quantitative estimate of drug-likeness (QED) is 0.446. The van der Waals surface area contributed by atoms with Crippen LogP contribution in [0, 0.1) is 0 Å². The highest BCUT2D eigenvalue weighted by molar-refractivity contribution is 5.81. The first-order chi connectivity index (χ1) is 13.1. The average molecular weight is 365 g/mol. The minimum Gasteiger partial charge on any atom is -0.497 e. The van der Waals surface area contributed by atoms with Gasteiger partial charge in [0, 0.05) is 30.6 Å². The molecule has 3 aromatic rings. The van der Waals surface area contributed by atoms with Gasteiger partial charge in [0.15, 0.2) is 0 Å². The summed E-state index contributed by atoms with van der Waals surface area (Å²) in [6.45, 7) is 5.51. The smallest absolute Gasteiger partial charge is 0.336 e. The molecule has 0 saturated heterocycles. The maximum Gasteiger partial charge on any atom is 0.336 e. The molecule has 0 aliphatic heterocycles. The van der Waals surface area contributed by atoms with Gasteiger partial charge >= 0.3 is 5.63 Å². The lowest BCUT2D eigenvalue weighted by Gasteiger charge is -2.18. The van der Waals surface area contributed by atoms with Crippen molar-refractivity contribution in [3.63, 3.8) is 0 Å². The van der Waals surface area contributed by atoms with E-state index in [1.165, 1.54) is 0 Å². The van der Waals surface area contributed by atoms with Crippen LogP contribution in [0.5, 0.6) is 11.5 Å². The first-order valence-corrected chi connectivity index (χ1v) is 8.71. The number of fused-ring (bicyclic) bond motifs is 1. The van der Waals surface area contributed by atoms with E-state index in [9.17, 15) is 4.79 Å². The Kier molecular flexibility index (Phi) is 5.94. The molecule has 2 aromatic carbocycles. The van der Waals surface area contributed by atoms with E-state index in [-0.39, 0.29) is 5.63 Å². The fourth-order valence-electron chi connectivity index (χ4n) is 2.97. The van der Waals surface area contributed by atoms with E-state index in [4.69, 9.17) is 13.9 Å². The molecule has 0 aliphatic carbocycles. The second-order valence-corrected chi connectivity index (χ2v) is 6.37. The second kappa shape index (κ2) is 8.56. The van der Waals surface area contributed by atoms with Crippen LogP contribution in [0.1, 0.15) is 11.1 Å². The van der Waals surface area contributed by atoms with E-state index in [1.54, 1.807) is 25.3 Å². The second-order valence-electron chi connectivity index (χ2n) is 6.37. The Balaban J connectivity index is 1.74. The van der Waals surface area contributed by atoms with Crippen molar-refractivity contribution in [2.24, 2.45) is 0 Å². The van der Waals surface area contributed by atoms with Crippen molar-refractivity contribution in [1.29, 1.82) is 0 Å². The third-order valence-electron chi connectivity index (χ3n) is 4.22. The zero-order valence-electron chi connectivity index (χ0n) is 15.6. The number of hydrogen-bond acceptors (Lipinski definition) is 5. The van der Waals surface area contributed by atoms with E-state index >= 15 is 0 Å². The van der Waals surface area contributed by atoms with E-state index < -0.39 is 0 Å². The van der Waals surface area contributed by atoms with E-state index in [0.717, 1.165) is 28.8 Å². The molecule has 0 N–H and O–H groups in total. The van der Waals surface area contributed by atoms with E-state index in [2.05, 4.69) is 11.5 Å². The molecule has 3 rings (SSSR count). The van der Waals surface area contributed by atoms with Crippen molar-refractivity contribution in [1.82, 2.24) is 4.90 Å². The molecule has 0 atom stereocenters. The van der Waals surface area contributed by atoms with Crippen LogP contribution in [0.4, 0.5) is 0 Å². The molecule has 1 heterocycles. The summed E-state index contributed by atoms with van der Waals surface area (Å²) in [6, 6.07) is 15.1. The Morgan fingerprint density at radius 1 is 1.07 bits per heavy atom. The number of ether oxygens (including phenoxy) is 2. The van der Waals surface area contributed by atoms with Gasteiger partial charge in [-0.2, -0.15) is 0 Å². The summed E-state index contributed by atoms with van der Waals surface area (Å²) < 4.78 is 16.0. The Hall–Kier alpha value is -3.05. The average Bonchev–Trinajstić information content (AvgIpc) is 2.66. The molecule has 0 aliphatic rings. The number of rotatable bonds is 8. The fourth-order valence-corrected chi connectivity index (χ4v) is 2.97. The zero-order chi connectivity index (χ0) is 19.2. The highest BCUT2D eigenvalue weighted by Crippen LogP contribution is 2.23.